The molecule has 6 rings (SSSR count). The second kappa shape index (κ2) is 9.00. The van der Waals surface area contributed by atoms with E-state index in [1.807, 2.05) is 23.0 Å². The van der Waals surface area contributed by atoms with Crippen LogP contribution in [0.25, 0.3) is 11.3 Å². The van der Waals surface area contributed by atoms with Crippen molar-refractivity contribution in [2.75, 3.05) is 5.06 Å². The maximum absolute atomic E-state index is 14.4. The van der Waals surface area contributed by atoms with E-state index in [-0.39, 0.29) is 5.82 Å². The predicted molar refractivity (Wildman–Crippen MR) is 132 cm³/mol. The van der Waals surface area contributed by atoms with Crippen LogP contribution in [0.2, 0.25) is 0 Å². The lowest BCUT2D eigenvalue weighted by molar-refractivity contribution is 0.114. The van der Waals surface area contributed by atoms with Gasteiger partial charge < -0.3 is 4.74 Å². The molecule has 3 aromatic heterocycles. The summed E-state index contributed by atoms with van der Waals surface area (Å²) in [4.78, 5) is 8.82. The lowest BCUT2D eigenvalue weighted by atomic mass is 9.95. The number of nitrogens with zero attached hydrogens (tertiary/aromatic N) is 6. The Morgan fingerprint density at radius 1 is 1.19 bits per heavy atom. The zero-order chi connectivity index (χ0) is 24.8. The summed E-state index contributed by atoms with van der Waals surface area (Å²) in [6, 6.07) is 12.0. The van der Waals surface area contributed by atoms with Crippen LogP contribution in [0.4, 0.5) is 10.2 Å². The molecule has 8 nitrogen and oxygen atoms in total. The Hall–Kier alpha value is -3.81. The molecule has 1 fully saturated rings. The molecule has 4 heterocycles. The third kappa shape index (κ3) is 4.21. The van der Waals surface area contributed by atoms with Crippen molar-refractivity contribution in [2.24, 2.45) is 5.92 Å². The molecular weight excluding hydrogens is 527 g/mol. The summed E-state index contributed by atoms with van der Waals surface area (Å²) in [5, 5.41) is 25.8. The standard InChI is InChI=1S/C26H20BrFN6O2/c27-18-9-23-25(31-12-18)34(35)26(36-23)21-10-19(28)5-6-20(21)24-16(2-1-7-30-24)8-17-14-33(13-15-3-4-15)32-22(17)11-29/h1-2,5-7,9-10,12,14-15,26,35H,3-4,8,13H2/t26-/m0/s1. The number of aromatic nitrogens is 4. The molecule has 2 aliphatic rings. The fourth-order valence-corrected chi connectivity index (χ4v) is 4.79. The quantitative estimate of drug-likeness (QED) is 0.345. The molecule has 36 heavy (non-hydrogen) atoms. The molecular formula is C26H20BrFN6O2. The van der Waals surface area contributed by atoms with E-state index >= 15 is 0 Å². The monoisotopic (exact) mass is 546 g/mol. The molecule has 4 aromatic rings. The maximum atomic E-state index is 14.4. The maximum Gasteiger partial charge on any atom is 0.224 e. The molecule has 0 unspecified atom stereocenters. The number of fused-ring (bicyclic) bond motifs is 1. The van der Waals surface area contributed by atoms with Crippen molar-refractivity contribution in [3.63, 3.8) is 0 Å². The van der Waals surface area contributed by atoms with E-state index in [0.29, 0.717) is 45.1 Å². The van der Waals surface area contributed by atoms with Crippen LogP contribution < -0.4 is 9.80 Å². The Bertz CT molecular complexity index is 1510. The zero-order valence-corrected chi connectivity index (χ0v) is 20.6. The lowest BCUT2D eigenvalue weighted by Gasteiger charge is -2.21. The van der Waals surface area contributed by atoms with Gasteiger partial charge in [-0.1, -0.05) is 6.07 Å². The summed E-state index contributed by atoms with van der Waals surface area (Å²) >= 11 is 3.35. The Kier molecular flexibility index (Phi) is 5.66. The Morgan fingerprint density at radius 2 is 2.06 bits per heavy atom. The number of hydroxylamine groups is 1. The summed E-state index contributed by atoms with van der Waals surface area (Å²) in [5.74, 6) is 0.769. The Morgan fingerprint density at radius 3 is 2.86 bits per heavy atom. The van der Waals surface area contributed by atoms with Gasteiger partial charge in [-0.25, -0.2) is 9.37 Å². The van der Waals surface area contributed by atoms with Crippen LogP contribution in [0.15, 0.2) is 59.5 Å². The van der Waals surface area contributed by atoms with Gasteiger partial charge in [0.15, 0.2) is 17.3 Å². The van der Waals surface area contributed by atoms with E-state index in [0.717, 1.165) is 22.7 Å². The van der Waals surface area contributed by atoms with Crippen LogP contribution in [0.5, 0.6) is 5.75 Å². The summed E-state index contributed by atoms with van der Waals surface area (Å²) in [7, 11) is 0. The minimum absolute atomic E-state index is 0.237. The first kappa shape index (κ1) is 22.6. The molecule has 0 spiro atoms. The van der Waals surface area contributed by atoms with Gasteiger partial charge in [0.25, 0.3) is 0 Å². The lowest BCUT2D eigenvalue weighted by Crippen LogP contribution is -2.24. The van der Waals surface area contributed by atoms with Gasteiger partial charge in [-0.05, 0) is 70.6 Å². The number of pyridine rings is 2. The average molecular weight is 547 g/mol. The van der Waals surface area contributed by atoms with Gasteiger partial charge in [0.1, 0.15) is 11.9 Å². The number of rotatable bonds is 6. The third-order valence-electron chi connectivity index (χ3n) is 6.37. The Balaban J connectivity index is 1.39. The smallest absolute Gasteiger partial charge is 0.224 e. The normalized spacial score (nSPS) is 16.5. The Labute approximate surface area is 214 Å². The van der Waals surface area contributed by atoms with Crippen LogP contribution in [-0.2, 0) is 13.0 Å². The summed E-state index contributed by atoms with van der Waals surface area (Å²) < 4.78 is 23.0. The number of anilines is 1. The molecule has 1 N–H and O–H groups in total. The van der Waals surface area contributed by atoms with Crippen molar-refractivity contribution in [1.82, 2.24) is 19.7 Å². The van der Waals surface area contributed by atoms with Gasteiger partial charge in [-0.3, -0.25) is 14.9 Å². The first-order valence-electron chi connectivity index (χ1n) is 11.5. The molecule has 180 valence electrons. The molecule has 0 bridgehead atoms. The molecule has 1 atom stereocenters. The third-order valence-corrected chi connectivity index (χ3v) is 6.80. The van der Waals surface area contributed by atoms with Gasteiger partial charge in [0.2, 0.25) is 6.23 Å². The molecule has 10 heteroatoms. The van der Waals surface area contributed by atoms with E-state index in [1.165, 1.54) is 25.0 Å². The largest absolute Gasteiger partial charge is 0.460 e. The second-order valence-electron chi connectivity index (χ2n) is 8.99. The van der Waals surface area contributed by atoms with Crippen LogP contribution in [0.3, 0.4) is 0 Å². The average Bonchev–Trinajstić information content (AvgIpc) is 3.52. The van der Waals surface area contributed by atoms with Gasteiger partial charge in [0, 0.05) is 52.7 Å². The van der Waals surface area contributed by atoms with Crippen molar-refractivity contribution in [3.05, 3.63) is 87.7 Å². The van der Waals surface area contributed by atoms with Gasteiger partial charge in [-0.15, -0.1) is 0 Å². The summed E-state index contributed by atoms with van der Waals surface area (Å²) in [5.41, 5.74) is 3.64. The molecule has 0 amide bonds. The highest BCUT2D eigenvalue weighted by atomic mass is 79.9. The molecule has 1 aliphatic heterocycles. The van der Waals surface area contributed by atoms with Crippen molar-refractivity contribution in [2.45, 2.75) is 32.0 Å². The van der Waals surface area contributed by atoms with Crippen LogP contribution in [0, 0.1) is 23.1 Å². The molecule has 1 aliphatic carbocycles. The number of ether oxygens (including phenoxy) is 1. The van der Waals surface area contributed by atoms with Gasteiger partial charge in [0.05, 0.1) is 5.69 Å². The molecule has 0 saturated heterocycles. The number of halogens is 2. The van der Waals surface area contributed by atoms with Crippen LogP contribution in [0.1, 0.15) is 41.5 Å². The summed E-state index contributed by atoms with van der Waals surface area (Å²) in [6.45, 7) is 0.812. The second-order valence-corrected chi connectivity index (χ2v) is 9.91. The zero-order valence-electron chi connectivity index (χ0n) is 19.0. The van der Waals surface area contributed by atoms with E-state index in [2.05, 4.69) is 37.1 Å². The summed E-state index contributed by atoms with van der Waals surface area (Å²) in [6.07, 6.45) is 6.93. The number of nitriles is 1. The fraction of sp³-hybridized carbons (Fsp3) is 0.231. The SMILES string of the molecule is N#Cc1nn(CC2CC2)cc1Cc1cccnc1-c1ccc(F)cc1[C@@H]1Oc2cc(Br)cnc2N1O. The molecule has 0 radical (unpaired) electrons. The minimum Gasteiger partial charge on any atom is -0.460 e. The topological polar surface area (TPSA) is 100 Å². The van der Waals surface area contributed by atoms with Crippen molar-refractivity contribution >= 4 is 21.7 Å². The van der Waals surface area contributed by atoms with E-state index in [4.69, 9.17) is 4.74 Å². The fourth-order valence-electron chi connectivity index (χ4n) is 4.48. The number of benzene rings is 1. The number of hydrogen-bond donors (Lipinski definition) is 1. The highest BCUT2D eigenvalue weighted by Gasteiger charge is 2.35. The highest BCUT2D eigenvalue weighted by Crippen LogP contribution is 2.44. The first-order valence-corrected chi connectivity index (χ1v) is 12.3. The van der Waals surface area contributed by atoms with Gasteiger partial charge in [-0.2, -0.15) is 15.4 Å². The number of hydrogen-bond acceptors (Lipinski definition) is 7. The predicted octanol–water partition coefficient (Wildman–Crippen LogP) is 5.40. The van der Waals surface area contributed by atoms with Crippen molar-refractivity contribution < 1.29 is 14.3 Å². The minimum atomic E-state index is -1.02. The molecule has 1 saturated carbocycles. The van der Waals surface area contributed by atoms with Crippen LogP contribution in [-0.4, -0.2) is 25.0 Å². The first-order chi connectivity index (χ1) is 17.5. The van der Waals surface area contributed by atoms with Gasteiger partial charge >= 0.3 is 0 Å². The van der Waals surface area contributed by atoms with E-state index in [1.54, 1.807) is 24.5 Å². The highest BCUT2D eigenvalue weighted by molar-refractivity contribution is 9.10. The van der Waals surface area contributed by atoms with E-state index in [9.17, 15) is 14.9 Å². The van der Waals surface area contributed by atoms with E-state index < -0.39 is 12.0 Å². The van der Waals surface area contributed by atoms with Crippen LogP contribution >= 0.6 is 15.9 Å². The van der Waals surface area contributed by atoms with Crippen molar-refractivity contribution in [1.29, 1.82) is 5.26 Å². The molecule has 1 aromatic carbocycles. The van der Waals surface area contributed by atoms with Crippen molar-refractivity contribution in [3.8, 4) is 23.1 Å².